The number of para-hydroxylation sites is 1. The van der Waals surface area contributed by atoms with E-state index in [1.54, 1.807) is 0 Å². The quantitative estimate of drug-likeness (QED) is 0.545. The van der Waals surface area contributed by atoms with Crippen molar-refractivity contribution in [3.05, 3.63) is 29.5 Å². The highest BCUT2D eigenvalue weighted by atomic mass is 35.5. The van der Waals surface area contributed by atoms with Gasteiger partial charge in [0.2, 0.25) is 11.1 Å². The van der Waals surface area contributed by atoms with Gasteiger partial charge in [-0.1, -0.05) is 12.1 Å². The Morgan fingerprint density at radius 3 is 2.50 bits per heavy atom. The van der Waals surface area contributed by atoms with Crippen LogP contribution in [0, 0.1) is 0 Å². The Labute approximate surface area is 118 Å². The average molecular weight is 284 g/mol. The molecular formula is C13H15Cl2N3. The first-order valence-corrected chi connectivity index (χ1v) is 6.34. The summed E-state index contributed by atoms with van der Waals surface area (Å²) in [5.41, 5.74) is 0.939. The molecule has 0 N–H and O–H groups in total. The lowest BCUT2D eigenvalue weighted by Crippen LogP contribution is -3.00. The summed E-state index contributed by atoms with van der Waals surface area (Å²) in [6, 6.07) is 8.10. The van der Waals surface area contributed by atoms with Crippen LogP contribution in [0.5, 0.6) is 0 Å². The third kappa shape index (κ3) is 2.18. The van der Waals surface area contributed by atoms with Crippen LogP contribution in [-0.2, 0) is 0 Å². The average Bonchev–Trinajstić information content (AvgIpc) is 2.76. The Bertz CT molecular complexity index is 565. The number of hydrogen-bond acceptors (Lipinski definition) is 2. The maximum Gasteiger partial charge on any atom is 0.239 e. The molecule has 1 saturated heterocycles. The molecule has 18 heavy (non-hydrogen) atoms. The lowest BCUT2D eigenvalue weighted by atomic mass is 10.2. The van der Waals surface area contributed by atoms with Crippen LogP contribution in [0.3, 0.4) is 0 Å². The van der Waals surface area contributed by atoms with Gasteiger partial charge in [0.15, 0.2) is 0 Å². The van der Waals surface area contributed by atoms with Gasteiger partial charge in [0, 0.05) is 12.8 Å². The second kappa shape index (κ2) is 5.00. The van der Waals surface area contributed by atoms with Gasteiger partial charge in [0.05, 0.1) is 31.0 Å². The molecule has 2 aromatic rings. The Kier molecular flexibility index (Phi) is 3.76. The SMILES string of the molecule is C[N+]1(c2nc(Cl)nc3ccccc23)CCCC1.[Cl-]. The maximum absolute atomic E-state index is 6.03. The molecule has 0 atom stereocenters. The minimum Gasteiger partial charge on any atom is -1.00 e. The molecule has 1 aliphatic heterocycles. The highest BCUT2D eigenvalue weighted by Crippen LogP contribution is 2.32. The van der Waals surface area contributed by atoms with Crippen molar-refractivity contribution < 1.29 is 12.4 Å². The molecule has 0 bridgehead atoms. The van der Waals surface area contributed by atoms with Crippen LogP contribution >= 0.6 is 11.6 Å². The zero-order valence-corrected chi connectivity index (χ0v) is 11.7. The van der Waals surface area contributed by atoms with E-state index in [4.69, 9.17) is 11.6 Å². The standard InChI is InChI=1S/C13H15ClN3.ClH/c1-17(8-4-5-9-17)12-10-6-2-3-7-11(10)15-13(14)16-12;/h2-3,6-7H,4-5,8-9H2,1H3;1H/q+1;/p-1. The molecule has 0 unspecified atom stereocenters. The fourth-order valence-electron chi connectivity index (χ4n) is 2.69. The number of benzene rings is 1. The summed E-state index contributed by atoms with van der Waals surface area (Å²) in [5, 5.41) is 1.48. The van der Waals surface area contributed by atoms with E-state index < -0.39 is 0 Å². The molecule has 1 aromatic heterocycles. The van der Waals surface area contributed by atoms with Gasteiger partial charge in [-0.2, -0.15) is 4.98 Å². The van der Waals surface area contributed by atoms with Gasteiger partial charge in [-0.05, 0) is 23.7 Å². The Morgan fingerprint density at radius 1 is 1.11 bits per heavy atom. The maximum atomic E-state index is 6.03. The molecule has 0 amide bonds. The fraction of sp³-hybridized carbons (Fsp3) is 0.385. The van der Waals surface area contributed by atoms with Crippen molar-refractivity contribution in [2.45, 2.75) is 12.8 Å². The second-order valence-corrected chi connectivity index (χ2v) is 5.22. The minimum absolute atomic E-state index is 0. The monoisotopic (exact) mass is 283 g/mol. The van der Waals surface area contributed by atoms with Crippen LogP contribution in [0.4, 0.5) is 5.82 Å². The lowest BCUT2D eigenvalue weighted by molar-refractivity contribution is -0.00000356. The van der Waals surface area contributed by atoms with Crippen molar-refractivity contribution in [1.29, 1.82) is 0 Å². The summed E-state index contributed by atoms with van der Waals surface area (Å²) >= 11 is 6.03. The van der Waals surface area contributed by atoms with Crippen LogP contribution < -0.4 is 16.9 Å². The predicted molar refractivity (Wildman–Crippen MR) is 71.2 cm³/mol. The normalized spacial score (nSPS) is 17.7. The van der Waals surface area contributed by atoms with E-state index in [1.165, 1.54) is 12.8 Å². The third-order valence-electron chi connectivity index (χ3n) is 3.62. The summed E-state index contributed by atoms with van der Waals surface area (Å²) in [6.45, 7) is 2.27. The smallest absolute Gasteiger partial charge is 0.239 e. The van der Waals surface area contributed by atoms with Crippen LogP contribution in [-0.4, -0.2) is 30.1 Å². The molecule has 5 heteroatoms. The summed E-state index contributed by atoms with van der Waals surface area (Å²) in [7, 11) is 2.23. The summed E-state index contributed by atoms with van der Waals surface area (Å²) in [6.07, 6.45) is 2.51. The summed E-state index contributed by atoms with van der Waals surface area (Å²) in [4.78, 5) is 8.76. The molecule has 0 saturated carbocycles. The fourth-order valence-corrected chi connectivity index (χ4v) is 2.86. The third-order valence-corrected chi connectivity index (χ3v) is 3.79. The van der Waals surface area contributed by atoms with E-state index in [9.17, 15) is 0 Å². The number of halogens is 2. The lowest BCUT2D eigenvalue weighted by Gasteiger charge is -2.28. The summed E-state index contributed by atoms with van der Waals surface area (Å²) in [5.74, 6) is 1.07. The van der Waals surface area contributed by atoms with Gasteiger partial charge < -0.3 is 12.4 Å². The first-order chi connectivity index (χ1) is 8.19. The number of hydrogen-bond donors (Lipinski definition) is 0. The van der Waals surface area contributed by atoms with Crippen molar-refractivity contribution in [1.82, 2.24) is 14.5 Å². The van der Waals surface area contributed by atoms with E-state index in [0.29, 0.717) is 5.28 Å². The highest BCUT2D eigenvalue weighted by Gasteiger charge is 2.33. The van der Waals surface area contributed by atoms with E-state index in [2.05, 4.69) is 23.1 Å². The van der Waals surface area contributed by atoms with Crippen molar-refractivity contribution in [3.8, 4) is 0 Å². The summed E-state index contributed by atoms with van der Waals surface area (Å²) < 4.78 is 0.878. The van der Waals surface area contributed by atoms with Crippen molar-refractivity contribution in [2.24, 2.45) is 0 Å². The number of quaternary nitrogens is 1. The molecule has 1 aromatic carbocycles. The molecule has 1 aliphatic rings. The van der Waals surface area contributed by atoms with Crippen molar-refractivity contribution >= 4 is 28.3 Å². The topological polar surface area (TPSA) is 25.8 Å². The first-order valence-electron chi connectivity index (χ1n) is 5.96. The van der Waals surface area contributed by atoms with Crippen LogP contribution in [0.15, 0.2) is 24.3 Å². The largest absolute Gasteiger partial charge is 1.00 e. The minimum atomic E-state index is 0. The number of nitrogens with zero attached hydrogens (tertiary/aromatic N) is 3. The van der Waals surface area contributed by atoms with Crippen LogP contribution in [0.2, 0.25) is 5.28 Å². The van der Waals surface area contributed by atoms with E-state index >= 15 is 0 Å². The molecular weight excluding hydrogens is 269 g/mol. The first kappa shape index (κ1) is 13.5. The molecule has 2 heterocycles. The molecule has 3 nitrogen and oxygen atoms in total. The van der Waals surface area contributed by atoms with Gasteiger partial charge in [0.1, 0.15) is 0 Å². The molecule has 1 fully saturated rings. The van der Waals surface area contributed by atoms with Gasteiger partial charge in [-0.15, -0.1) is 0 Å². The number of likely N-dealkylation sites (tertiary alicyclic amines) is 1. The number of aromatic nitrogens is 2. The second-order valence-electron chi connectivity index (χ2n) is 4.88. The van der Waals surface area contributed by atoms with Crippen LogP contribution in [0.1, 0.15) is 12.8 Å². The van der Waals surface area contributed by atoms with Gasteiger partial charge in [0.25, 0.3) is 0 Å². The highest BCUT2D eigenvalue weighted by molar-refractivity contribution is 6.28. The Hall–Kier alpha value is -0.900. The Morgan fingerprint density at radius 2 is 1.78 bits per heavy atom. The van der Waals surface area contributed by atoms with Crippen molar-refractivity contribution in [3.63, 3.8) is 0 Å². The molecule has 0 radical (unpaired) electrons. The molecule has 0 aliphatic carbocycles. The molecule has 0 spiro atoms. The van der Waals surface area contributed by atoms with Gasteiger partial charge >= 0.3 is 0 Å². The van der Waals surface area contributed by atoms with Gasteiger partial charge in [-0.3, -0.25) is 4.48 Å². The predicted octanol–water partition coefficient (Wildman–Crippen LogP) is 0.0181. The number of rotatable bonds is 1. The van der Waals surface area contributed by atoms with Crippen LogP contribution in [0.25, 0.3) is 10.9 Å². The zero-order valence-electron chi connectivity index (χ0n) is 10.2. The Balaban J connectivity index is 0.00000120. The van der Waals surface area contributed by atoms with E-state index in [0.717, 1.165) is 34.3 Å². The van der Waals surface area contributed by atoms with Crippen molar-refractivity contribution in [2.75, 3.05) is 20.1 Å². The van der Waals surface area contributed by atoms with E-state index in [1.807, 2.05) is 18.2 Å². The number of fused-ring (bicyclic) bond motifs is 1. The van der Waals surface area contributed by atoms with E-state index in [-0.39, 0.29) is 12.4 Å². The molecule has 3 rings (SSSR count). The zero-order chi connectivity index (χ0) is 11.9. The van der Waals surface area contributed by atoms with Gasteiger partial charge in [-0.25, -0.2) is 4.98 Å². The molecule has 96 valence electrons.